The molecule has 0 saturated carbocycles. The summed E-state index contributed by atoms with van der Waals surface area (Å²) in [6, 6.07) is 12.7. The molecule has 156 valence electrons. The molecule has 0 aliphatic rings. The van der Waals surface area contributed by atoms with Gasteiger partial charge in [-0.3, -0.25) is 13.9 Å². The van der Waals surface area contributed by atoms with Gasteiger partial charge in [0.05, 0.1) is 18.5 Å². The smallest absolute Gasteiger partial charge is 0.243 e. The van der Waals surface area contributed by atoms with Gasteiger partial charge in [-0.2, -0.15) is 0 Å². The molecular weight excluding hydrogens is 390 g/mol. The second kappa shape index (κ2) is 9.09. The number of anilines is 2. The number of likely N-dealkylation sites (N-methyl/N-ethyl adjacent to an activating group) is 1. The first-order valence-corrected chi connectivity index (χ1v) is 11.0. The Bertz CT molecular complexity index is 1020. The van der Waals surface area contributed by atoms with Gasteiger partial charge in [-0.25, -0.2) is 8.42 Å². The van der Waals surface area contributed by atoms with E-state index >= 15 is 0 Å². The van der Waals surface area contributed by atoms with Crippen LogP contribution in [-0.2, 0) is 19.6 Å². The van der Waals surface area contributed by atoms with Crippen LogP contribution in [0.1, 0.15) is 16.7 Å². The van der Waals surface area contributed by atoms with E-state index in [4.69, 9.17) is 0 Å². The van der Waals surface area contributed by atoms with Gasteiger partial charge in [0.25, 0.3) is 0 Å². The Morgan fingerprint density at radius 3 is 2.24 bits per heavy atom. The molecule has 0 heterocycles. The highest BCUT2D eigenvalue weighted by atomic mass is 32.2. The summed E-state index contributed by atoms with van der Waals surface area (Å²) in [6.45, 7) is 5.03. The fraction of sp³-hybridized carbons (Fsp3) is 0.333. The maximum atomic E-state index is 12.6. The van der Waals surface area contributed by atoms with Crippen molar-refractivity contribution in [2.75, 3.05) is 36.0 Å². The summed E-state index contributed by atoms with van der Waals surface area (Å²) >= 11 is 0. The zero-order valence-electron chi connectivity index (χ0n) is 17.4. The molecule has 2 amide bonds. The number of rotatable bonds is 7. The van der Waals surface area contributed by atoms with Gasteiger partial charge >= 0.3 is 0 Å². The fourth-order valence-electron chi connectivity index (χ4n) is 2.83. The molecule has 2 rings (SSSR count). The molecule has 0 aliphatic carbocycles. The van der Waals surface area contributed by atoms with Crippen LogP contribution in [0.25, 0.3) is 0 Å². The minimum Gasteiger partial charge on any atom is -0.335 e. The summed E-state index contributed by atoms with van der Waals surface area (Å²) < 4.78 is 25.6. The summed E-state index contributed by atoms with van der Waals surface area (Å²) in [5.74, 6) is -0.828. The molecule has 0 saturated heterocycles. The van der Waals surface area contributed by atoms with Gasteiger partial charge < -0.3 is 10.2 Å². The summed E-state index contributed by atoms with van der Waals surface area (Å²) in [4.78, 5) is 26.2. The third-order valence-corrected chi connectivity index (χ3v) is 5.66. The number of benzene rings is 2. The maximum Gasteiger partial charge on any atom is 0.243 e. The average Bonchev–Trinajstić information content (AvgIpc) is 2.62. The molecule has 0 aromatic heterocycles. The van der Waals surface area contributed by atoms with Gasteiger partial charge in [-0.05, 0) is 49.6 Å². The van der Waals surface area contributed by atoms with E-state index < -0.39 is 15.9 Å². The van der Waals surface area contributed by atoms with Crippen LogP contribution in [0.15, 0.2) is 42.5 Å². The van der Waals surface area contributed by atoms with E-state index in [1.54, 1.807) is 31.2 Å². The van der Waals surface area contributed by atoms with Gasteiger partial charge in [0.2, 0.25) is 21.8 Å². The van der Waals surface area contributed by atoms with Crippen molar-refractivity contribution in [2.24, 2.45) is 0 Å². The van der Waals surface area contributed by atoms with Crippen LogP contribution in [0.4, 0.5) is 11.4 Å². The number of amides is 2. The minimum atomic E-state index is -3.67. The largest absolute Gasteiger partial charge is 0.335 e. The van der Waals surface area contributed by atoms with Crippen molar-refractivity contribution in [1.82, 2.24) is 4.90 Å². The lowest BCUT2D eigenvalue weighted by Gasteiger charge is -2.26. The van der Waals surface area contributed by atoms with Crippen molar-refractivity contribution in [2.45, 2.75) is 20.8 Å². The molecule has 0 atom stereocenters. The van der Waals surface area contributed by atoms with E-state index in [0.29, 0.717) is 11.4 Å². The Morgan fingerprint density at radius 2 is 1.62 bits per heavy atom. The monoisotopic (exact) mass is 417 g/mol. The van der Waals surface area contributed by atoms with E-state index in [0.717, 1.165) is 27.3 Å². The van der Waals surface area contributed by atoms with Crippen molar-refractivity contribution >= 4 is 33.2 Å². The van der Waals surface area contributed by atoms with E-state index in [1.165, 1.54) is 11.9 Å². The third-order valence-electron chi connectivity index (χ3n) is 4.54. The standard InChI is InChI=1S/C21H27N3O4S/c1-15-10-11-16(2)18(12-15)22-20(25)13-23(4)21(26)14-24(29(5,27)28)19-9-7-6-8-17(19)3/h6-12H,13-14H2,1-5H3,(H,22,25). The Balaban J connectivity index is 2.09. The molecule has 0 fully saturated rings. The number of hydrogen-bond acceptors (Lipinski definition) is 4. The topological polar surface area (TPSA) is 86.8 Å². The van der Waals surface area contributed by atoms with Gasteiger partial charge in [0.15, 0.2) is 0 Å². The second-order valence-corrected chi connectivity index (χ2v) is 9.08. The first-order valence-electron chi connectivity index (χ1n) is 9.13. The minimum absolute atomic E-state index is 0.183. The normalized spacial score (nSPS) is 11.1. The van der Waals surface area contributed by atoms with Crippen LogP contribution in [0.3, 0.4) is 0 Å². The lowest BCUT2D eigenvalue weighted by Crippen LogP contribution is -2.43. The first-order chi connectivity index (χ1) is 13.5. The summed E-state index contributed by atoms with van der Waals surface area (Å²) in [5, 5.41) is 2.80. The molecule has 0 radical (unpaired) electrons. The van der Waals surface area contributed by atoms with Gasteiger partial charge in [0.1, 0.15) is 6.54 Å². The van der Waals surface area contributed by atoms with Crippen LogP contribution in [0.2, 0.25) is 0 Å². The number of nitrogens with zero attached hydrogens (tertiary/aromatic N) is 2. The number of sulfonamides is 1. The Kier molecular flexibility index (Phi) is 7.02. The number of para-hydroxylation sites is 1. The maximum absolute atomic E-state index is 12.6. The molecule has 8 heteroatoms. The molecule has 0 spiro atoms. The van der Waals surface area contributed by atoms with Gasteiger partial charge in [0, 0.05) is 12.7 Å². The molecule has 0 aliphatic heterocycles. The van der Waals surface area contributed by atoms with Crippen LogP contribution in [-0.4, -0.2) is 51.5 Å². The summed E-state index contributed by atoms with van der Waals surface area (Å²) in [7, 11) is -2.20. The molecule has 29 heavy (non-hydrogen) atoms. The van der Waals surface area contributed by atoms with E-state index in [1.807, 2.05) is 32.0 Å². The number of hydrogen-bond donors (Lipinski definition) is 1. The van der Waals surface area contributed by atoms with Gasteiger partial charge in [-0.15, -0.1) is 0 Å². The first kappa shape index (κ1) is 22.4. The van der Waals surface area contributed by atoms with E-state index in [2.05, 4.69) is 5.32 Å². The Morgan fingerprint density at radius 1 is 0.966 bits per heavy atom. The molecule has 1 N–H and O–H groups in total. The number of aryl methyl sites for hydroxylation is 3. The Labute approximate surface area is 172 Å². The van der Waals surface area contributed by atoms with Crippen molar-refractivity contribution in [3.63, 3.8) is 0 Å². The van der Waals surface area contributed by atoms with Crippen molar-refractivity contribution in [3.05, 3.63) is 59.2 Å². The molecule has 0 bridgehead atoms. The number of carbonyl (C=O) groups excluding carboxylic acids is 2. The van der Waals surface area contributed by atoms with Crippen molar-refractivity contribution < 1.29 is 18.0 Å². The van der Waals surface area contributed by atoms with Crippen molar-refractivity contribution in [3.8, 4) is 0 Å². The Hall–Kier alpha value is -2.87. The summed E-state index contributed by atoms with van der Waals surface area (Å²) in [5.41, 5.74) is 3.80. The van der Waals surface area contributed by atoms with Crippen LogP contribution in [0.5, 0.6) is 0 Å². The molecular formula is C21H27N3O4S. The number of nitrogens with one attached hydrogen (secondary N) is 1. The third kappa shape index (κ3) is 6.05. The van der Waals surface area contributed by atoms with E-state index in [-0.39, 0.29) is 19.0 Å². The molecule has 7 nitrogen and oxygen atoms in total. The molecule has 0 unspecified atom stereocenters. The average molecular weight is 418 g/mol. The molecule has 2 aromatic carbocycles. The fourth-order valence-corrected chi connectivity index (χ4v) is 3.74. The quantitative estimate of drug-likeness (QED) is 0.750. The van der Waals surface area contributed by atoms with Crippen molar-refractivity contribution in [1.29, 1.82) is 0 Å². The lowest BCUT2D eigenvalue weighted by atomic mass is 10.1. The zero-order valence-corrected chi connectivity index (χ0v) is 18.2. The zero-order chi connectivity index (χ0) is 21.8. The highest BCUT2D eigenvalue weighted by Gasteiger charge is 2.24. The second-order valence-electron chi connectivity index (χ2n) is 7.17. The van der Waals surface area contributed by atoms with Gasteiger partial charge in [-0.1, -0.05) is 30.3 Å². The van der Waals surface area contributed by atoms with Crippen LogP contribution < -0.4 is 9.62 Å². The highest BCUT2D eigenvalue weighted by molar-refractivity contribution is 7.92. The SMILES string of the molecule is Cc1ccc(C)c(NC(=O)CN(C)C(=O)CN(c2ccccc2C)S(C)(=O)=O)c1. The molecule has 2 aromatic rings. The van der Waals surface area contributed by atoms with E-state index in [9.17, 15) is 18.0 Å². The summed E-state index contributed by atoms with van der Waals surface area (Å²) in [6.07, 6.45) is 1.06. The van der Waals surface area contributed by atoms with Crippen LogP contribution in [0, 0.1) is 20.8 Å². The lowest BCUT2D eigenvalue weighted by molar-refractivity contribution is -0.131. The van der Waals surface area contributed by atoms with Crippen LogP contribution >= 0.6 is 0 Å². The number of carbonyl (C=O) groups is 2. The predicted molar refractivity (Wildman–Crippen MR) is 116 cm³/mol. The highest BCUT2D eigenvalue weighted by Crippen LogP contribution is 2.22. The predicted octanol–water partition coefficient (Wildman–Crippen LogP) is 2.47.